The quantitative estimate of drug-likeness (QED) is 0.399. The molecule has 0 radical (unpaired) electrons. The molecule has 0 spiro atoms. The fraction of sp³-hybridized carbons (Fsp3) is 0.529. The van der Waals surface area contributed by atoms with Crippen molar-refractivity contribution in [1.29, 1.82) is 5.26 Å². The van der Waals surface area contributed by atoms with Crippen molar-refractivity contribution in [2.24, 2.45) is 4.99 Å². The maximum atomic E-state index is 13.8. The summed E-state index contributed by atoms with van der Waals surface area (Å²) in [6.07, 6.45) is 2.45. The zero-order chi connectivity index (χ0) is 16.7. The number of hydrogen-bond acceptors (Lipinski definition) is 3. The van der Waals surface area contributed by atoms with Crippen molar-refractivity contribution in [1.82, 2.24) is 10.6 Å². The predicted octanol–water partition coefficient (Wildman–Crippen LogP) is 3.66. The van der Waals surface area contributed by atoms with Crippen molar-refractivity contribution in [3.8, 4) is 6.07 Å². The van der Waals surface area contributed by atoms with Crippen molar-refractivity contribution in [2.75, 3.05) is 18.8 Å². The minimum atomic E-state index is -0.332. The highest BCUT2D eigenvalue weighted by Crippen LogP contribution is 2.36. The molecular weight excluding hydrogens is 438 g/mol. The van der Waals surface area contributed by atoms with Crippen LogP contribution >= 0.6 is 35.7 Å². The van der Waals surface area contributed by atoms with Gasteiger partial charge in [0.25, 0.3) is 0 Å². The second kappa shape index (κ2) is 10.1. The molecule has 4 nitrogen and oxygen atoms in total. The molecule has 1 aliphatic heterocycles. The first kappa shape index (κ1) is 21.0. The summed E-state index contributed by atoms with van der Waals surface area (Å²) in [6, 6.07) is 6.37. The van der Waals surface area contributed by atoms with E-state index >= 15 is 0 Å². The molecule has 2 rings (SSSR count). The smallest absolute Gasteiger partial charge is 0.191 e. The van der Waals surface area contributed by atoms with Crippen LogP contribution in [0.2, 0.25) is 0 Å². The Morgan fingerprint density at radius 2 is 2.25 bits per heavy atom. The van der Waals surface area contributed by atoms with E-state index in [4.69, 9.17) is 5.26 Å². The number of aliphatic imine (C=N–C) groups is 1. The zero-order valence-corrected chi connectivity index (χ0v) is 17.2. The van der Waals surface area contributed by atoms with E-state index in [-0.39, 0.29) is 41.1 Å². The van der Waals surface area contributed by atoms with E-state index in [1.807, 2.05) is 24.8 Å². The third-order valence-electron chi connectivity index (χ3n) is 3.86. The van der Waals surface area contributed by atoms with E-state index in [1.54, 1.807) is 6.07 Å². The van der Waals surface area contributed by atoms with Gasteiger partial charge in [0, 0.05) is 23.4 Å². The molecule has 1 saturated heterocycles. The number of nitrogens with one attached hydrogen (secondary N) is 2. The normalized spacial score (nSPS) is 20.2. The Balaban J connectivity index is 0.00000288. The fourth-order valence-corrected chi connectivity index (χ4v) is 3.76. The third-order valence-corrected chi connectivity index (χ3v) is 5.39. The van der Waals surface area contributed by atoms with E-state index in [1.165, 1.54) is 30.7 Å². The molecule has 2 N–H and O–H groups in total. The Kier molecular flexibility index (Phi) is 8.84. The van der Waals surface area contributed by atoms with E-state index in [2.05, 4.69) is 22.5 Å². The van der Waals surface area contributed by atoms with Gasteiger partial charge in [0.05, 0.1) is 18.2 Å². The van der Waals surface area contributed by atoms with Crippen molar-refractivity contribution in [3.63, 3.8) is 0 Å². The summed E-state index contributed by atoms with van der Waals surface area (Å²) in [7, 11) is 0. The lowest BCUT2D eigenvalue weighted by molar-refractivity contribution is 0.583. The molecule has 0 saturated carbocycles. The molecule has 1 atom stereocenters. The van der Waals surface area contributed by atoms with Crippen molar-refractivity contribution >= 4 is 41.7 Å². The maximum absolute atomic E-state index is 13.8. The minimum Gasteiger partial charge on any atom is -0.357 e. The summed E-state index contributed by atoms with van der Waals surface area (Å²) in [5.74, 6) is 1.56. The fourth-order valence-electron chi connectivity index (χ4n) is 2.52. The molecule has 1 aromatic rings. The van der Waals surface area contributed by atoms with Crippen LogP contribution in [-0.4, -0.2) is 29.5 Å². The highest BCUT2D eigenvalue weighted by molar-refractivity contribution is 14.0. The Morgan fingerprint density at radius 1 is 1.46 bits per heavy atom. The second-order valence-corrected chi connectivity index (χ2v) is 7.55. The Labute approximate surface area is 164 Å². The van der Waals surface area contributed by atoms with Crippen molar-refractivity contribution < 1.29 is 4.39 Å². The molecule has 1 aliphatic rings. The van der Waals surface area contributed by atoms with E-state index in [9.17, 15) is 4.39 Å². The second-order valence-electron chi connectivity index (χ2n) is 5.87. The topological polar surface area (TPSA) is 60.2 Å². The molecule has 24 heavy (non-hydrogen) atoms. The van der Waals surface area contributed by atoms with E-state index in [0.29, 0.717) is 17.1 Å². The van der Waals surface area contributed by atoms with Crippen LogP contribution in [0.15, 0.2) is 23.2 Å². The summed E-state index contributed by atoms with van der Waals surface area (Å²) < 4.78 is 14.1. The van der Waals surface area contributed by atoms with Crippen LogP contribution in [-0.2, 0) is 6.54 Å². The van der Waals surface area contributed by atoms with Gasteiger partial charge in [-0.25, -0.2) is 9.38 Å². The number of thioether (sulfide) groups is 1. The monoisotopic (exact) mass is 462 g/mol. The molecule has 7 heteroatoms. The van der Waals surface area contributed by atoms with Crippen LogP contribution in [0.25, 0.3) is 0 Å². The van der Waals surface area contributed by atoms with Crippen molar-refractivity contribution in [3.05, 3.63) is 35.1 Å². The summed E-state index contributed by atoms with van der Waals surface area (Å²) >= 11 is 1.99. The number of hydrogen-bond donors (Lipinski definition) is 2. The van der Waals surface area contributed by atoms with Crippen LogP contribution in [0, 0.1) is 17.1 Å². The lowest BCUT2D eigenvalue weighted by atomic mass is 10.1. The zero-order valence-electron chi connectivity index (χ0n) is 14.1. The van der Waals surface area contributed by atoms with Gasteiger partial charge in [0.15, 0.2) is 5.96 Å². The number of nitrogens with zero attached hydrogens (tertiary/aromatic N) is 2. The average molecular weight is 462 g/mol. The summed E-state index contributed by atoms with van der Waals surface area (Å²) in [4.78, 5) is 4.45. The summed E-state index contributed by atoms with van der Waals surface area (Å²) in [5.41, 5.74) is 0.882. The SMILES string of the molecule is CCNC(=NCc1cc(C#N)ccc1F)NCC1(C)CCCS1.I. The van der Waals surface area contributed by atoms with Gasteiger partial charge in [0.2, 0.25) is 0 Å². The molecule has 132 valence electrons. The molecule has 1 unspecified atom stereocenters. The highest BCUT2D eigenvalue weighted by atomic mass is 127. The summed E-state index contributed by atoms with van der Waals surface area (Å²) in [6.45, 7) is 6.05. The predicted molar refractivity (Wildman–Crippen MR) is 109 cm³/mol. The molecule has 0 bridgehead atoms. The lowest BCUT2D eigenvalue weighted by Gasteiger charge is -2.24. The van der Waals surface area contributed by atoms with Crippen molar-refractivity contribution in [2.45, 2.75) is 38.0 Å². The summed E-state index contributed by atoms with van der Waals surface area (Å²) in [5, 5.41) is 15.4. The number of halogens is 2. The molecule has 1 heterocycles. The number of benzene rings is 1. The first-order chi connectivity index (χ1) is 11.1. The molecule has 0 aromatic heterocycles. The van der Waals surface area contributed by atoms with Crippen LogP contribution in [0.5, 0.6) is 0 Å². The third kappa shape index (κ3) is 6.13. The molecule has 0 amide bonds. The van der Waals surface area contributed by atoms with E-state index in [0.717, 1.165) is 13.1 Å². The van der Waals surface area contributed by atoms with Gasteiger partial charge < -0.3 is 10.6 Å². The van der Waals surface area contributed by atoms with Crippen LogP contribution in [0.3, 0.4) is 0 Å². The number of guanidine groups is 1. The standard InChI is InChI=1S/C17H23FN4S.HI/c1-3-20-16(22-12-17(2)7-4-8-23-17)21-11-14-9-13(10-19)5-6-15(14)18;/h5-6,9H,3-4,7-8,11-12H2,1-2H3,(H2,20,21,22);1H. The van der Waals surface area contributed by atoms with Gasteiger partial charge in [-0.15, -0.1) is 24.0 Å². The van der Waals surface area contributed by atoms with Gasteiger partial charge in [0.1, 0.15) is 5.82 Å². The van der Waals surface area contributed by atoms with Gasteiger partial charge in [-0.2, -0.15) is 17.0 Å². The first-order valence-electron chi connectivity index (χ1n) is 7.91. The van der Waals surface area contributed by atoms with E-state index < -0.39 is 0 Å². The number of nitriles is 1. The molecule has 1 aromatic carbocycles. The Bertz CT molecular complexity index is 609. The molecule has 1 fully saturated rings. The van der Waals surface area contributed by atoms with Gasteiger partial charge >= 0.3 is 0 Å². The molecule has 0 aliphatic carbocycles. The average Bonchev–Trinajstić information content (AvgIpc) is 2.98. The Morgan fingerprint density at radius 3 is 2.88 bits per heavy atom. The Hall–Kier alpha value is -1.01. The van der Waals surface area contributed by atoms with Gasteiger partial charge in [-0.1, -0.05) is 0 Å². The highest BCUT2D eigenvalue weighted by Gasteiger charge is 2.29. The number of rotatable bonds is 5. The van der Waals surface area contributed by atoms with Gasteiger partial charge in [-0.3, -0.25) is 0 Å². The van der Waals surface area contributed by atoms with Crippen LogP contribution in [0.1, 0.15) is 37.8 Å². The minimum absolute atomic E-state index is 0. The van der Waals surface area contributed by atoms with Crippen LogP contribution < -0.4 is 10.6 Å². The first-order valence-corrected chi connectivity index (χ1v) is 8.89. The largest absolute Gasteiger partial charge is 0.357 e. The van der Waals surface area contributed by atoms with Crippen LogP contribution in [0.4, 0.5) is 4.39 Å². The maximum Gasteiger partial charge on any atom is 0.191 e. The molecular formula is C17H24FIN4S. The van der Waals surface area contributed by atoms with Gasteiger partial charge in [-0.05, 0) is 50.6 Å². The lowest BCUT2D eigenvalue weighted by Crippen LogP contribution is -2.43.